The molecule has 0 aromatic carbocycles. The number of carboxylic acid groups (broad SMARTS) is 1. The van der Waals surface area contributed by atoms with E-state index in [-0.39, 0.29) is 12.3 Å². The van der Waals surface area contributed by atoms with Crippen LogP contribution < -0.4 is 11.5 Å². The molecule has 5 N–H and O–H groups in total. The fourth-order valence-corrected chi connectivity index (χ4v) is 2.08. The topological polar surface area (TPSA) is 89.3 Å². The molecular weight excluding hydrogens is 228 g/mol. The molecule has 0 aromatic heterocycles. The van der Waals surface area contributed by atoms with Crippen LogP contribution in [0, 0.1) is 11.8 Å². The third kappa shape index (κ3) is 2.77. The van der Waals surface area contributed by atoms with E-state index in [1.807, 2.05) is 13.8 Å². The monoisotopic (exact) mass is 244 g/mol. The van der Waals surface area contributed by atoms with Crippen molar-refractivity contribution in [2.24, 2.45) is 23.3 Å². The Bertz CT molecular complexity index is 359. The van der Waals surface area contributed by atoms with Crippen molar-refractivity contribution in [2.45, 2.75) is 25.3 Å². The SMILES string of the molecule is CC(C)C(C(=O)O)C1=C(N)CC(N)(Cl)C=C1. The summed E-state index contributed by atoms with van der Waals surface area (Å²) in [6.07, 6.45) is 3.50. The molecule has 0 radical (unpaired) electrons. The van der Waals surface area contributed by atoms with Gasteiger partial charge in [0.2, 0.25) is 0 Å². The third-order valence-corrected chi connectivity index (χ3v) is 2.90. The first-order chi connectivity index (χ1) is 7.24. The van der Waals surface area contributed by atoms with Crippen molar-refractivity contribution in [1.29, 1.82) is 0 Å². The summed E-state index contributed by atoms with van der Waals surface area (Å²) in [5.41, 5.74) is 12.6. The zero-order chi connectivity index (χ0) is 12.5. The molecule has 0 aliphatic heterocycles. The maximum atomic E-state index is 11.2. The lowest BCUT2D eigenvalue weighted by atomic mass is 9.83. The average molecular weight is 245 g/mol. The second kappa shape index (κ2) is 4.47. The van der Waals surface area contributed by atoms with E-state index >= 15 is 0 Å². The normalized spacial score (nSPS) is 27.3. The summed E-state index contributed by atoms with van der Waals surface area (Å²) in [6, 6.07) is 0. The van der Waals surface area contributed by atoms with Gasteiger partial charge in [0.1, 0.15) is 5.00 Å². The molecule has 1 rings (SSSR count). The van der Waals surface area contributed by atoms with Gasteiger partial charge in [0, 0.05) is 12.1 Å². The van der Waals surface area contributed by atoms with E-state index in [1.54, 1.807) is 12.2 Å². The van der Waals surface area contributed by atoms with Crippen LogP contribution in [0.25, 0.3) is 0 Å². The number of aliphatic carboxylic acids is 1. The number of hydrogen-bond acceptors (Lipinski definition) is 3. The smallest absolute Gasteiger partial charge is 0.311 e. The van der Waals surface area contributed by atoms with Gasteiger partial charge in [-0.3, -0.25) is 4.79 Å². The first-order valence-electron chi connectivity index (χ1n) is 5.13. The Hall–Kier alpha value is -1.00. The summed E-state index contributed by atoms with van der Waals surface area (Å²) >= 11 is 5.93. The van der Waals surface area contributed by atoms with Gasteiger partial charge in [-0.05, 0) is 17.6 Å². The minimum absolute atomic E-state index is 0.0312. The zero-order valence-electron chi connectivity index (χ0n) is 9.40. The van der Waals surface area contributed by atoms with Crippen LogP contribution in [0.5, 0.6) is 0 Å². The Labute approximate surface area is 99.9 Å². The van der Waals surface area contributed by atoms with Crippen LogP contribution in [0.15, 0.2) is 23.4 Å². The highest BCUT2D eigenvalue weighted by molar-refractivity contribution is 6.25. The van der Waals surface area contributed by atoms with E-state index < -0.39 is 16.9 Å². The van der Waals surface area contributed by atoms with Gasteiger partial charge in [-0.2, -0.15) is 0 Å². The molecule has 16 heavy (non-hydrogen) atoms. The summed E-state index contributed by atoms with van der Waals surface area (Å²) < 4.78 is 0. The highest BCUT2D eigenvalue weighted by Gasteiger charge is 2.31. The maximum Gasteiger partial charge on any atom is 0.311 e. The Morgan fingerprint density at radius 1 is 1.62 bits per heavy atom. The predicted octanol–water partition coefficient (Wildman–Crippen LogP) is 1.41. The van der Waals surface area contributed by atoms with Crippen LogP contribution in [0.1, 0.15) is 20.3 Å². The zero-order valence-corrected chi connectivity index (χ0v) is 10.2. The average Bonchev–Trinajstić information content (AvgIpc) is 2.07. The van der Waals surface area contributed by atoms with Crippen LogP contribution in [0.4, 0.5) is 0 Å². The van der Waals surface area contributed by atoms with Gasteiger partial charge in [0.05, 0.1) is 5.92 Å². The molecule has 0 saturated heterocycles. The van der Waals surface area contributed by atoms with E-state index in [9.17, 15) is 4.79 Å². The van der Waals surface area contributed by atoms with E-state index in [0.29, 0.717) is 11.3 Å². The number of hydrogen-bond donors (Lipinski definition) is 3. The lowest BCUT2D eigenvalue weighted by Gasteiger charge is -2.28. The highest BCUT2D eigenvalue weighted by atomic mass is 35.5. The molecule has 5 heteroatoms. The van der Waals surface area contributed by atoms with Crippen molar-refractivity contribution in [3.8, 4) is 0 Å². The Morgan fingerprint density at radius 3 is 2.56 bits per heavy atom. The summed E-state index contributed by atoms with van der Waals surface area (Å²) in [4.78, 5) is 10.2. The number of rotatable bonds is 3. The van der Waals surface area contributed by atoms with Crippen LogP contribution in [-0.4, -0.2) is 16.1 Å². The molecule has 0 spiro atoms. The summed E-state index contributed by atoms with van der Waals surface area (Å²) in [7, 11) is 0. The van der Waals surface area contributed by atoms with Crippen LogP contribution >= 0.6 is 11.6 Å². The van der Waals surface area contributed by atoms with E-state index in [4.69, 9.17) is 28.2 Å². The second-order valence-electron chi connectivity index (χ2n) is 4.48. The lowest BCUT2D eigenvalue weighted by Crippen LogP contribution is -2.36. The van der Waals surface area contributed by atoms with Crippen molar-refractivity contribution < 1.29 is 9.90 Å². The second-order valence-corrected chi connectivity index (χ2v) is 5.18. The van der Waals surface area contributed by atoms with Crippen LogP contribution in [-0.2, 0) is 4.79 Å². The molecule has 0 heterocycles. The Balaban J connectivity index is 3.05. The number of alkyl halides is 1. The fourth-order valence-electron chi connectivity index (χ4n) is 1.87. The fraction of sp³-hybridized carbons (Fsp3) is 0.545. The standard InChI is InChI=1S/C11H17ClN2O2/c1-6(2)9(10(15)16)7-3-4-11(12,14)5-8(7)13/h3-4,6,9H,5,13-14H2,1-2H3,(H,15,16). The molecule has 1 aliphatic carbocycles. The van der Waals surface area contributed by atoms with Crippen molar-refractivity contribution in [1.82, 2.24) is 0 Å². The number of halogens is 1. The molecule has 90 valence electrons. The summed E-state index contributed by atoms with van der Waals surface area (Å²) in [5, 5.41) is 9.16. The number of carbonyl (C=O) groups is 1. The molecule has 0 amide bonds. The molecule has 4 nitrogen and oxygen atoms in total. The first-order valence-corrected chi connectivity index (χ1v) is 5.51. The molecule has 1 aliphatic rings. The van der Waals surface area contributed by atoms with Crippen LogP contribution in [0.2, 0.25) is 0 Å². The summed E-state index contributed by atoms with van der Waals surface area (Å²) in [5.74, 6) is -1.52. The van der Waals surface area contributed by atoms with E-state index in [0.717, 1.165) is 0 Å². The van der Waals surface area contributed by atoms with Gasteiger partial charge in [-0.15, -0.1) is 0 Å². The first kappa shape index (κ1) is 13.1. The van der Waals surface area contributed by atoms with Gasteiger partial charge in [-0.1, -0.05) is 31.5 Å². The molecule has 2 atom stereocenters. The number of carboxylic acids is 1. The minimum atomic E-state index is -0.992. The van der Waals surface area contributed by atoms with Gasteiger partial charge < -0.3 is 16.6 Å². The van der Waals surface area contributed by atoms with E-state index in [1.165, 1.54) is 0 Å². The molecular formula is C11H17ClN2O2. The van der Waals surface area contributed by atoms with Gasteiger partial charge in [0.25, 0.3) is 0 Å². The van der Waals surface area contributed by atoms with Crippen molar-refractivity contribution >= 4 is 17.6 Å². The lowest BCUT2D eigenvalue weighted by molar-refractivity contribution is -0.141. The molecule has 0 saturated carbocycles. The van der Waals surface area contributed by atoms with E-state index in [2.05, 4.69) is 0 Å². The van der Waals surface area contributed by atoms with Crippen molar-refractivity contribution in [2.75, 3.05) is 0 Å². The van der Waals surface area contributed by atoms with Crippen molar-refractivity contribution in [3.63, 3.8) is 0 Å². The van der Waals surface area contributed by atoms with Gasteiger partial charge in [-0.25, -0.2) is 0 Å². The largest absolute Gasteiger partial charge is 0.481 e. The number of allylic oxidation sites excluding steroid dienone is 1. The van der Waals surface area contributed by atoms with Gasteiger partial charge in [0.15, 0.2) is 0 Å². The Morgan fingerprint density at radius 2 is 2.19 bits per heavy atom. The maximum absolute atomic E-state index is 11.2. The third-order valence-electron chi connectivity index (χ3n) is 2.64. The highest BCUT2D eigenvalue weighted by Crippen LogP contribution is 2.32. The quantitative estimate of drug-likeness (QED) is 0.517. The predicted molar refractivity (Wildman–Crippen MR) is 63.7 cm³/mol. The summed E-state index contributed by atoms with van der Waals surface area (Å²) in [6.45, 7) is 3.69. The van der Waals surface area contributed by atoms with Gasteiger partial charge >= 0.3 is 5.97 Å². The molecule has 0 aromatic rings. The molecule has 0 fully saturated rings. The molecule has 0 bridgehead atoms. The van der Waals surface area contributed by atoms with Crippen LogP contribution in [0.3, 0.4) is 0 Å². The minimum Gasteiger partial charge on any atom is -0.481 e. The van der Waals surface area contributed by atoms with Crippen molar-refractivity contribution in [3.05, 3.63) is 23.4 Å². The Kier molecular flexibility index (Phi) is 3.65. The molecule has 2 unspecified atom stereocenters. The number of nitrogens with two attached hydrogens (primary N) is 2.